The molecule has 0 atom stereocenters. The van der Waals surface area contributed by atoms with E-state index in [-0.39, 0.29) is 16.3 Å². The van der Waals surface area contributed by atoms with E-state index in [4.69, 9.17) is 16.3 Å². The first-order valence-electron chi connectivity index (χ1n) is 4.88. The molecule has 4 nitrogen and oxygen atoms in total. The van der Waals surface area contributed by atoms with E-state index >= 15 is 0 Å². The number of hydrogen-bond donors (Lipinski definition) is 1. The molecule has 1 N–H and O–H groups in total. The molecule has 0 aliphatic carbocycles. The number of nitrogens with one attached hydrogen (secondary N) is 1. The van der Waals surface area contributed by atoms with Gasteiger partial charge in [-0.2, -0.15) is 0 Å². The molecule has 94 valence electrons. The van der Waals surface area contributed by atoms with E-state index in [1.165, 1.54) is 6.08 Å². The lowest BCUT2D eigenvalue weighted by molar-refractivity contribution is -0.104. The van der Waals surface area contributed by atoms with Crippen LogP contribution in [0.5, 0.6) is 0 Å². The van der Waals surface area contributed by atoms with Crippen molar-refractivity contribution in [1.82, 2.24) is 5.32 Å². The van der Waals surface area contributed by atoms with Crippen LogP contribution in [0.15, 0.2) is 35.5 Å². The monoisotopic (exact) mass is 257 g/mol. The zero-order valence-electron chi connectivity index (χ0n) is 10.2. The molecule has 0 unspecified atom stereocenters. The van der Waals surface area contributed by atoms with Gasteiger partial charge < -0.3 is 4.74 Å². The average Bonchev–Trinajstić information content (AvgIpc) is 2.13. The van der Waals surface area contributed by atoms with Gasteiger partial charge in [-0.05, 0) is 26.8 Å². The number of rotatable bonds is 4. The molecule has 0 aliphatic heterocycles. The summed E-state index contributed by atoms with van der Waals surface area (Å²) in [5, 5.41) is 2.40. The third-order valence-electron chi connectivity index (χ3n) is 1.54. The Morgan fingerprint density at radius 3 is 2.24 bits per heavy atom. The van der Waals surface area contributed by atoms with Crippen molar-refractivity contribution in [2.24, 2.45) is 0 Å². The minimum Gasteiger partial charge on any atom is -0.444 e. The fraction of sp³-hybridized carbons (Fsp3) is 0.333. The molecular formula is C12H16ClNO3. The highest BCUT2D eigenvalue weighted by atomic mass is 35.5. The number of carbonyl (C=O) groups is 2. The summed E-state index contributed by atoms with van der Waals surface area (Å²) in [6.45, 7) is 12.1. The molecule has 0 rings (SSSR count). The second-order valence-electron chi connectivity index (χ2n) is 4.18. The molecule has 0 radical (unpaired) electrons. The van der Waals surface area contributed by atoms with Crippen LogP contribution in [-0.4, -0.2) is 18.0 Å². The molecule has 0 saturated heterocycles. The van der Waals surface area contributed by atoms with Crippen molar-refractivity contribution in [1.29, 1.82) is 0 Å². The van der Waals surface area contributed by atoms with E-state index in [0.717, 1.165) is 0 Å². The molecule has 0 saturated carbocycles. The number of amides is 1. The Bertz CT molecular complexity index is 378. The molecule has 0 heterocycles. The van der Waals surface area contributed by atoms with Crippen LogP contribution in [0, 0.1) is 0 Å². The minimum absolute atomic E-state index is 0.0194. The Hall–Kier alpha value is -1.55. The van der Waals surface area contributed by atoms with Crippen LogP contribution in [-0.2, 0) is 9.53 Å². The standard InChI is InChI=1S/C12H16ClNO3/c1-6-10(9(7-15)8(2)13)14-11(16)17-12(3,4)5/h6-7H,1-2H2,3-5H3,(H,14,16)/b10-9+. The third-order valence-corrected chi connectivity index (χ3v) is 1.74. The summed E-state index contributed by atoms with van der Waals surface area (Å²) in [5.41, 5.74) is -0.405. The molecule has 17 heavy (non-hydrogen) atoms. The normalized spacial score (nSPS) is 12.2. The molecule has 1 amide bonds. The second kappa shape index (κ2) is 6.25. The molecule has 0 aromatic heterocycles. The lowest BCUT2D eigenvalue weighted by Crippen LogP contribution is -2.32. The van der Waals surface area contributed by atoms with E-state index in [0.29, 0.717) is 6.29 Å². The first-order valence-corrected chi connectivity index (χ1v) is 5.25. The number of ether oxygens (including phenoxy) is 1. The van der Waals surface area contributed by atoms with Crippen molar-refractivity contribution < 1.29 is 14.3 Å². The highest BCUT2D eigenvalue weighted by Crippen LogP contribution is 2.15. The highest BCUT2D eigenvalue weighted by Gasteiger charge is 2.17. The Morgan fingerprint density at radius 2 is 1.94 bits per heavy atom. The van der Waals surface area contributed by atoms with Crippen molar-refractivity contribution in [2.45, 2.75) is 26.4 Å². The Kier molecular flexibility index (Phi) is 5.68. The summed E-state index contributed by atoms with van der Waals surface area (Å²) in [6.07, 6.45) is 1.09. The van der Waals surface area contributed by atoms with Crippen LogP contribution in [0.1, 0.15) is 20.8 Å². The summed E-state index contributed by atoms with van der Waals surface area (Å²) in [4.78, 5) is 22.2. The van der Waals surface area contributed by atoms with E-state index in [2.05, 4.69) is 18.5 Å². The molecular weight excluding hydrogens is 242 g/mol. The summed E-state index contributed by atoms with van der Waals surface area (Å²) in [5.74, 6) is 0. The van der Waals surface area contributed by atoms with Crippen LogP contribution in [0.2, 0.25) is 0 Å². The topological polar surface area (TPSA) is 55.4 Å². The van der Waals surface area contributed by atoms with Gasteiger partial charge in [-0.1, -0.05) is 24.8 Å². The summed E-state index contributed by atoms with van der Waals surface area (Å²) in [6, 6.07) is 0. The van der Waals surface area contributed by atoms with Crippen LogP contribution < -0.4 is 5.32 Å². The number of halogens is 1. The van der Waals surface area contributed by atoms with E-state index < -0.39 is 11.7 Å². The van der Waals surface area contributed by atoms with E-state index in [9.17, 15) is 9.59 Å². The predicted octanol–water partition coefficient (Wildman–Crippen LogP) is 2.90. The quantitative estimate of drug-likeness (QED) is 0.479. The third kappa shape index (κ3) is 5.92. The number of hydrogen-bond acceptors (Lipinski definition) is 3. The Labute approximate surface area is 106 Å². The molecule has 0 aromatic carbocycles. The van der Waals surface area contributed by atoms with Gasteiger partial charge in [-0.25, -0.2) is 4.79 Å². The number of carbonyl (C=O) groups excluding carboxylic acids is 2. The van der Waals surface area contributed by atoms with Gasteiger partial charge in [0.15, 0.2) is 6.29 Å². The summed E-state index contributed by atoms with van der Waals surface area (Å²) >= 11 is 5.61. The maximum Gasteiger partial charge on any atom is 0.412 e. The summed E-state index contributed by atoms with van der Waals surface area (Å²) in [7, 11) is 0. The molecule has 5 heteroatoms. The first-order chi connectivity index (χ1) is 7.71. The largest absolute Gasteiger partial charge is 0.444 e. The molecule has 0 spiro atoms. The SMILES string of the molecule is C=C/C(NC(=O)OC(C)(C)C)=C(/C=O)C(=C)Cl. The zero-order chi connectivity index (χ0) is 13.6. The van der Waals surface area contributed by atoms with Crippen molar-refractivity contribution in [2.75, 3.05) is 0 Å². The van der Waals surface area contributed by atoms with Gasteiger partial charge in [0.2, 0.25) is 0 Å². The lowest BCUT2D eigenvalue weighted by Gasteiger charge is -2.20. The van der Waals surface area contributed by atoms with Crippen LogP contribution in [0.4, 0.5) is 4.79 Å². The van der Waals surface area contributed by atoms with Gasteiger partial charge in [-0.15, -0.1) is 0 Å². The van der Waals surface area contributed by atoms with Crippen molar-refractivity contribution in [3.05, 3.63) is 35.5 Å². The van der Waals surface area contributed by atoms with E-state index in [1.807, 2.05) is 0 Å². The minimum atomic E-state index is -0.690. The predicted molar refractivity (Wildman–Crippen MR) is 67.6 cm³/mol. The lowest BCUT2D eigenvalue weighted by atomic mass is 10.2. The fourth-order valence-electron chi connectivity index (χ4n) is 0.915. The van der Waals surface area contributed by atoms with Crippen LogP contribution in [0.3, 0.4) is 0 Å². The van der Waals surface area contributed by atoms with Gasteiger partial charge in [-0.3, -0.25) is 10.1 Å². The molecule has 0 fully saturated rings. The van der Waals surface area contributed by atoms with Gasteiger partial charge >= 0.3 is 6.09 Å². The van der Waals surface area contributed by atoms with Crippen molar-refractivity contribution in [3.63, 3.8) is 0 Å². The second-order valence-corrected chi connectivity index (χ2v) is 4.64. The summed E-state index contributed by atoms with van der Waals surface area (Å²) < 4.78 is 5.02. The maximum atomic E-state index is 11.5. The van der Waals surface area contributed by atoms with Crippen LogP contribution >= 0.6 is 11.6 Å². The smallest absolute Gasteiger partial charge is 0.412 e. The van der Waals surface area contributed by atoms with Crippen LogP contribution in [0.25, 0.3) is 0 Å². The Morgan fingerprint density at radius 1 is 1.41 bits per heavy atom. The Balaban J connectivity index is 4.95. The maximum absolute atomic E-state index is 11.5. The number of aldehydes is 1. The van der Waals surface area contributed by atoms with Gasteiger partial charge in [0, 0.05) is 5.03 Å². The zero-order valence-corrected chi connectivity index (χ0v) is 10.9. The van der Waals surface area contributed by atoms with Gasteiger partial charge in [0.25, 0.3) is 0 Å². The first kappa shape index (κ1) is 15.4. The number of alkyl carbamates (subject to hydrolysis) is 1. The van der Waals surface area contributed by atoms with Gasteiger partial charge in [0.1, 0.15) is 5.60 Å². The molecule has 0 aliphatic rings. The molecule has 0 bridgehead atoms. The number of allylic oxidation sites excluding steroid dienone is 3. The van der Waals surface area contributed by atoms with Crippen molar-refractivity contribution >= 4 is 24.0 Å². The average molecular weight is 258 g/mol. The highest BCUT2D eigenvalue weighted by molar-refractivity contribution is 6.34. The fourth-order valence-corrected chi connectivity index (χ4v) is 1.06. The molecule has 0 aromatic rings. The van der Waals surface area contributed by atoms with Gasteiger partial charge in [0.05, 0.1) is 11.3 Å². The van der Waals surface area contributed by atoms with E-state index in [1.54, 1.807) is 20.8 Å². The van der Waals surface area contributed by atoms with Crippen molar-refractivity contribution in [3.8, 4) is 0 Å².